The van der Waals surface area contributed by atoms with Gasteiger partial charge < -0.3 is 0 Å². The van der Waals surface area contributed by atoms with Gasteiger partial charge in [0.2, 0.25) is 0 Å². The van der Waals surface area contributed by atoms with Gasteiger partial charge in [-0.3, -0.25) is 0 Å². The summed E-state index contributed by atoms with van der Waals surface area (Å²) in [5.41, 5.74) is 2.75. The molecule has 0 atom stereocenters. The molecule has 0 aromatic heterocycles. The number of hydrogen-bond acceptors (Lipinski definition) is 0. The summed E-state index contributed by atoms with van der Waals surface area (Å²) in [4.78, 5) is 0. The van der Waals surface area contributed by atoms with Gasteiger partial charge in [0.15, 0.2) is 0 Å². The molecule has 0 aliphatic carbocycles. The van der Waals surface area contributed by atoms with E-state index >= 15 is 0 Å². The van der Waals surface area contributed by atoms with E-state index in [2.05, 4.69) is 62.4 Å². The van der Waals surface area contributed by atoms with E-state index in [1.807, 2.05) is 0 Å². The first-order valence-corrected chi connectivity index (χ1v) is 7.18. The van der Waals surface area contributed by atoms with E-state index in [9.17, 15) is 0 Å². The summed E-state index contributed by atoms with van der Waals surface area (Å²) in [6.07, 6.45) is 0. The first-order valence-electron chi connectivity index (χ1n) is 5.02. The summed E-state index contributed by atoms with van der Waals surface area (Å²) in [6, 6.07) is 17.6. The fraction of sp³-hybridized carbons (Fsp3) is 0.143. The Morgan fingerprint density at radius 2 is 1.33 bits per heavy atom. The van der Waals surface area contributed by atoms with Crippen LogP contribution in [0.5, 0.6) is 0 Å². The molecule has 0 fully saturated rings. The molecular weight excluding hydrogens is 295 g/mol. The van der Waals surface area contributed by atoms with Crippen molar-refractivity contribution in [1.82, 2.24) is 0 Å². The topological polar surface area (TPSA) is 0 Å². The third-order valence-corrected chi connectivity index (χ3v) is 4.73. The number of benzene rings is 2. The molecule has 78 valence electrons. The Hall–Kier alpha value is -0.830. The Balaban J connectivity index is 2.25. The van der Waals surface area contributed by atoms with Gasteiger partial charge in [-0.25, -0.2) is 0 Å². The molecule has 0 radical (unpaired) electrons. The maximum atomic E-state index is 2.31. The SMILES string of the molecule is Cc1cc(C)cc([I-]c2ccccc2)c1. The van der Waals surface area contributed by atoms with E-state index in [0.717, 1.165) is 0 Å². The van der Waals surface area contributed by atoms with Crippen LogP contribution in [0.15, 0.2) is 48.5 Å². The molecule has 1 heteroatoms. The average molecular weight is 309 g/mol. The summed E-state index contributed by atoms with van der Waals surface area (Å²) in [5, 5.41) is 0. The minimum atomic E-state index is -0.00484. The predicted octanol–water partition coefficient (Wildman–Crippen LogP) is 0.432. The molecule has 0 heterocycles. The zero-order valence-electron chi connectivity index (χ0n) is 9.00. The Kier molecular flexibility index (Phi) is 3.41. The van der Waals surface area contributed by atoms with Gasteiger partial charge in [-0.1, -0.05) is 0 Å². The van der Waals surface area contributed by atoms with Crippen LogP contribution in [0.25, 0.3) is 0 Å². The second-order valence-corrected chi connectivity index (χ2v) is 6.73. The van der Waals surface area contributed by atoms with Gasteiger partial charge in [0.1, 0.15) is 0 Å². The second kappa shape index (κ2) is 4.79. The molecule has 2 aromatic carbocycles. The minimum absolute atomic E-state index is 0.00484. The van der Waals surface area contributed by atoms with Crippen molar-refractivity contribution in [1.29, 1.82) is 0 Å². The third kappa shape index (κ3) is 3.06. The molecule has 0 saturated heterocycles. The number of rotatable bonds is 2. The molecule has 0 bridgehead atoms. The first-order chi connectivity index (χ1) is 7.24. The van der Waals surface area contributed by atoms with Crippen molar-refractivity contribution in [3.05, 3.63) is 66.8 Å². The zero-order valence-corrected chi connectivity index (χ0v) is 11.2. The van der Waals surface area contributed by atoms with Gasteiger partial charge in [-0.15, -0.1) is 0 Å². The monoisotopic (exact) mass is 309 g/mol. The summed E-state index contributed by atoms with van der Waals surface area (Å²) in [6.45, 7) is 4.34. The molecule has 15 heavy (non-hydrogen) atoms. The molecular formula is C14H14I-. The van der Waals surface area contributed by atoms with Gasteiger partial charge in [0, 0.05) is 0 Å². The van der Waals surface area contributed by atoms with Gasteiger partial charge >= 0.3 is 102 Å². The first kappa shape index (κ1) is 10.7. The Labute approximate surface area is 102 Å². The summed E-state index contributed by atoms with van der Waals surface area (Å²) < 4.78 is 3.00. The van der Waals surface area contributed by atoms with E-state index in [1.165, 1.54) is 18.3 Å². The molecule has 0 saturated carbocycles. The van der Waals surface area contributed by atoms with Crippen LogP contribution in [0.4, 0.5) is 0 Å². The van der Waals surface area contributed by atoms with E-state index in [1.54, 1.807) is 0 Å². The molecule has 0 unspecified atom stereocenters. The van der Waals surface area contributed by atoms with Crippen LogP contribution >= 0.6 is 0 Å². The molecule has 0 N–H and O–H groups in total. The molecule has 0 spiro atoms. The molecule has 2 aromatic rings. The second-order valence-electron chi connectivity index (χ2n) is 3.70. The zero-order chi connectivity index (χ0) is 10.7. The van der Waals surface area contributed by atoms with Crippen LogP contribution < -0.4 is 21.2 Å². The maximum absolute atomic E-state index is 2.31. The van der Waals surface area contributed by atoms with Crippen LogP contribution in [-0.2, 0) is 0 Å². The van der Waals surface area contributed by atoms with Gasteiger partial charge in [0.25, 0.3) is 0 Å². The number of hydrogen-bond donors (Lipinski definition) is 0. The summed E-state index contributed by atoms with van der Waals surface area (Å²) in [5.74, 6) is 0. The molecule has 0 amide bonds. The van der Waals surface area contributed by atoms with Crippen molar-refractivity contribution in [2.24, 2.45) is 0 Å². The standard InChI is InChI=1S/C14H14I/c1-11-8-12(2)10-14(9-11)15-13-6-4-3-5-7-13/h3-10H,1-2H3/q-1. The van der Waals surface area contributed by atoms with Crippen molar-refractivity contribution in [2.45, 2.75) is 13.8 Å². The molecule has 2 rings (SSSR count). The van der Waals surface area contributed by atoms with E-state index in [0.29, 0.717) is 0 Å². The molecule has 0 aliphatic heterocycles. The fourth-order valence-corrected chi connectivity index (χ4v) is 4.37. The van der Waals surface area contributed by atoms with Crippen LogP contribution in [-0.4, -0.2) is 0 Å². The van der Waals surface area contributed by atoms with Gasteiger partial charge in [0.05, 0.1) is 0 Å². The van der Waals surface area contributed by atoms with Crippen molar-refractivity contribution < 1.29 is 21.2 Å². The normalized spacial score (nSPS) is 10.5. The van der Waals surface area contributed by atoms with Crippen molar-refractivity contribution in [2.75, 3.05) is 0 Å². The van der Waals surface area contributed by atoms with Crippen molar-refractivity contribution >= 4 is 0 Å². The van der Waals surface area contributed by atoms with Crippen LogP contribution in [0.2, 0.25) is 0 Å². The molecule has 0 nitrogen and oxygen atoms in total. The van der Waals surface area contributed by atoms with E-state index in [-0.39, 0.29) is 21.2 Å². The van der Waals surface area contributed by atoms with Crippen LogP contribution in [0.3, 0.4) is 0 Å². The quantitative estimate of drug-likeness (QED) is 0.706. The Morgan fingerprint density at radius 3 is 1.93 bits per heavy atom. The van der Waals surface area contributed by atoms with Gasteiger partial charge in [-0.2, -0.15) is 0 Å². The number of halogens is 1. The molecule has 0 aliphatic rings. The summed E-state index contributed by atoms with van der Waals surface area (Å²) >= 11 is -0.00484. The van der Waals surface area contributed by atoms with E-state index in [4.69, 9.17) is 0 Å². The number of aryl methyl sites for hydroxylation is 2. The average Bonchev–Trinajstić information content (AvgIpc) is 2.17. The van der Waals surface area contributed by atoms with Gasteiger partial charge in [-0.05, 0) is 0 Å². The van der Waals surface area contributed by atoms with Crippen LogP contribution in [0.1, 0.15) is 11.1 Å². The third-order valence-electron chi connectivity index (χ3n) is 2.14. The summed E-state index contributed by atoms with van der Waals surface area (Å²) in [7, 11) is 0. The van der Waals surface area contributed by atoms with Crippen molar-refractivity contribution in [3.63, 3.8) is 0 Å². The Morgan fingerprint density at radius 1 is 0.733 bits per heavy atom. The Bertz CT molecular complexity index is 426. The van der Waals surface area contributed by atoms with Crippen molar-refractivity contribution in [3.8, 4) is 0 Å². The fourth-order valence-electron chi connectivity index (χ4n) is 1.58. The van der Waals surface area contributed by atoms with Crippen LogP contribution in [0, 0.1) is 21.0 Å². The van der Waals surface area contributed by atoms with E-state index < -0.39 is 0 Å². The predicted molar refractivity (Wildman–Crippen MR) is 59.8 cm³/mol.